The van der Waals surface area contributed by atoms with Crippen LogP contribution in [0.4, 0.5) is 0 Å². The third-order valence-corrected chi connectivity index (χ3v) is 4.68. The van der Waals surface area contributed by atoms with Gasteiger partial charge >= 0.3 is 5.97 Å². The van der Waals surface area contributed by atoms with E-state index in [4.69, 9.17) is 4.74 Å². The maximum atomic E-state index is 11.4. The summed E-state index contributed by atoms with van der Waals surface area (Å²) in [5.41, 5.74) is 0. The predicted molar refractivity (Wildman–Crippen MR) is 85.3 cm³/mol. The molecule has 0 aliphatic carbocycles. The minimum Gasteiger partial charge on any atom is -0.463 e. The number of guanidine groups is 1. The summed E-state index contributed by atoms with van der Waals surface area (Å²) in [6.45, 7) is 7.42. The number of esters is 1. The average molecular weight is 301 g/mol. The summed E-state index contributed by atoms with van der Waals surface area (Å²) in [5, 5.41) is 6.48. The number of rotatable bonds is 6. The smallest absolute Gasteiger partial charge is 0.307 e. The molecule has 116 valence electrons. The van der Waals surface area contributed by atoms with Crippen LogP contribution in [-0.4, -0.2) is 48.7 Å². The van der Waals surface area contributed by atoms with Gasteiger partial charge in [-0.3, -0.25) is 9.79 Å². The Morgan fingerprint density at radius 3 is 2.75 bits per heavy atom. The van der Waals surface area contributed by atoms with Gasteiger partial charge in [-0.2, -0.15) is 11.8 Å². The lowest BCUT2D eigenvalue weighted by Gasteiger charge is -2.24. The summed E-state index contributed by atoms with van der Waals surface area (Å²) in [6, 6.07) is 0. The van der Waals surface area contributed by atoms with Crippen LogP contribution in [0, 0.1) is 0 Å². The molecule has 0 aromatic rings. The molecule has 1 fully saturated rings. The van der Waals surface area contributed by atoms with E-state index in [1.165, 1.54) is 18.6 Å². The zero-order valence-corrected chi connectivity index (χ0v) is 13.8. The highest BCUT2D eigenvalue weighted by molar-refractivity contribution is 8.00. The molecule has 1 aliphatic rings. The van der Waals surface area contributed by atoms with E-state index in [0.717, 1.165) is 12.5 Å². The van der Waals surface area contributed by atoms with Crippen molar-refractivity contribution in [3.63, 3.8) is 0 Å². The summed E-state index contributed by atoms with van der Waals surface area (Å²) in [5.74, 6) is 1.81. The van der Waals surface area contributed by atoms with E-state index in [9.17, 15) is 4.79 Å². The first-order valence-corrected chi connectivity index (χ1v) is 8.22. The first-order valence-electron chi connectivity index (χ1n) is 7.23. The van der Waals surface area contributed by atoms with Crippen LogP contribution in [0.25, 0.3) is 0 Å². The van der Waals surface area contributed by atoms with Gasteiger partial charge in [-0.25, -0.2) is 0 Å². The van der Waals surface area contributed by atoms with Crippen LogP contribution in [-0.2, 0) is 9.53 Å². The Morgan fingerprint density at radius 1 is 1.45 bits per heavy atom. The SMILES string of the molecule is CN=C(NCCC(=O)OC(C)C)NCC1(C)CCCS1. The molecule has 0 spiro atoms. The number of thioether (sulfide) groups is 1. The Labute approximate surface area is 126 Å². The van der Waals surface area contributed by atoms with Gasteiger partial charge in [0.25, 0.3) is 0 Å². The molecule has 1 rings (SSSR count). The van der Waals surface area contributed by atoms with Gasteiger partial charge in [-0.1, -0.05) is 0 Å². The molecule has 1 atom stereocenters. The lowest BCUT2D eigenvalue weighted by Crippen LogP contribution is -2.44. The molecule has 1 unspecified atom stereocenters. The number of carbonyl (C=O) groups is 1. The second-order valence-corrected chi connectivity index (χ2v) is 7.23. The number of nitrogens with one attached hydrogen (secondary N) is 2. The highest BCUT2D eigenvalue weighted by Gasteiger charge is 2.29. The molecule has 1 aliphatic heterocycles. The minimum absolute atomic E-state index is 0.0562. The molecule has 0 aromatic carbocycles. The second kappa shape index (κ2) is 8.39. The third kappa shape index (κ3) is 6.50. The van der Waals surface area contributed by atoms with E-state index in [0.29, 0.717) is 17.7 Å². The standard InChI is InChI=1S/C14H27N3O2S/c1-11(2)19-12(18)6-8-16-13(15-4)17-10-14(3)7-5-9-20-14/h11H,5-10H2,1-4H3,(H2,15,16,17). The van der Waals surface area contributed by atoms with E-state index in [-0.39, 0.29) is 12.1 Å². The van der Waals surface area contributed by atoms with Crippen molar-refractivity contribution in [1.29, 1.82) is 0 Å². The number of aliphatic imine (C=N–C) groups is 1. The molecular weight excluding hydrogens is 274 g/mol. The van der Waals surface area contributed by atoms with Gasteiger partial charge in [-0.05, 0) is 39.4 Å². The number of ether oxygens (including phenoxy) is 1. The summed E-state index contributed by atoms with van der Waals surface area (Å²) in [7, 11) is 1.74. The molecule has 1 heterocycles. The van der Waals surface area contributed by atoms with E-state index >= 15 is 0 Å². The van der Waals surface area contributed by atoms with Crippen molar-refractivity contribution < 1.29 is 9.53 Å². The Hall–Kier alpha value is -0.910. The van der Waals surface area contributed by atoms with Crippen molar-refractivity contribution in [3.8, 4) is 0 Å². The molecule has 0 amide bonds. The van der Waals surface area contributed by atoms with Crippen LogP contribution in [0.5, 0.6) is 0 Å². The molecule has 5 nitrogen and oxygen atoms in total. The molecule has 6 heteroatoms. The molecule has 2 N–H and O–H groups in total. The summed E-state index contributed by atoms with van der Waals surface area (Å²) in [6.07, 6.45) is 2.82. The van der Waals surface area contributed by atoms with Crippen LogP contribution in [0.3, 0.4) is 0 Å². The van der Waals surface area contributed by atoms with Crippen molar-refractivity contribution in [1.82, 2.24) is 10.6 Å². The molecule has 0 aromatic heterocycles. The highest BCUT2D eigenvalue weighted by Crippen LogP contribution is 2.36. The number of carbonyl (C=O) groups excluding carboxylic acids is 1. The number of hydrogen-bond acceptors (Lipinski definition) is 4. The Morgan fingerprint density at radius 2 is 2.20 bits per heavy atom. The highest BCUT2D eigenvalue weighted by atomic mass is 32.2. The Bertz CT molecular complexity index is 339. The average Bonchev–Trinajstić information content (AvgIpc) is 2.80. The van der Waals surface area contributed by atoms with Crippen molar-refractivity contribution in [2.24, 2.45) is 4.99 Å². The summed E-state index contributed by atoms with van der Waals surface area (Å²) < 4.78 is 5.38. The summed E-state index contributed by atoms with van der Waals surface area (Å²) in [4.78, 5) is 15.6. The molecular formula is C14H27N3O2S. The first kappa shape index (κ1) is 17.1. The van der Waals surface area contributed by atoms with Gasteiger partial charge in [-0.15, -0.1) is 0 Å². The molecule has 0 radical (unpaired) electrons. The first-order chi connectivity index (χ1) is 9.45. The fraction of sp³-hybridized carbons (Fsp3) is 0.857. The Kier molecular flexibility index (Phi) is 7.19. The third-order valence-electron chi connectivity index (χ3n) is 3.14. The van der Waals surface area contributed by atoms with Crippen LogP contribution in [0.2, 0.25) is 0 Å². The molecule has 20 heavy (non-hydrogen) atoms. The van der Waals surface area contributed by atoms with E-state index in [1.807, 2.05) is 25.6 Å². The van der Waals surface area contributed by atoms with E-state index in [1.54, 1.807) is 7.05 Å². The number of nitrogens with zero attached hydrogens (tertiary/aromatic N) is 1. The van der Waals surface area contributed by atoms with Crippen molar-refractivity contribution >= 4 is 23.7 Å². The lowest BCUT2D eigenvalue weighted by atomic mass is 10.1. The molecule has 0 bridgehead atoms. The molecule has 1 saturated heterocycles. The second-order valence-electron chi connectivity index (χ2n) is 5.54. The van der Waals surface area contributed by atoms with Crippen molar-refractivity contribution in [3.05, 3.63) is 0 Å². The fourth-order valence-electron chi connectivity index (χ4n) is 2.07. The van der Waals surface area contributed by atoms with Crippen LogP contribution in [0.1, 0.15) is 40.0 Å². The zero-order chi connectivity index (χ0) is 15.0. The van der Waals surface area contributed by atoms with Crippen molar-refractivity contribution in [2.45, 2.75) is 50.9 Å². The summed E-state index contributed by atoms with van der Waals surface area (Å²) >= 11 is 2.01. The topological polar surface area (TPSA) is 62.7 Å². The molecule has 0 saturated carbocycles. The lowest BCUT2D eigenvalue weighted by molar-refractivity contribution is -0.147. The van der Waals surface area contributed by atoms with Gasteiger partial charge in [0.2, 0.25) is 0 Å². The quantitative estimate of drug-likeness (QED) is 0.445. The Balaban J connectivity index is 2.21. The zero-order valence-electron chi connectivity index (χ0n) is 13.0. The van der Waals surface area contributed by atoms with E-state index < -0.39 is 0 Å². The van der Waals surface area contributed by atoms with Gasteiger partial charge in [0.15, 0.2) is 5.96 Å². The van der Waals surface area contributed by atoms with Crippen molar-refractivity contribution in [2.75, 3.05) is 25.9 Å². The predicted octanol–water partition coefficient (Wildman–Crippen LogP) is 1.78. The normalized spacial score (nSPS) is 22.9. The van der Waals surface area contributed by atoms with Crippen LogP contribution < -0.4 is 10.6 Å². The van der Waals surface area contributed by atoms with Crippen LogP contribution in [0.15, 0.2) is 4.99 Å². The van der Waals surface area contributed by atoms with Crippen LogP contribution >= 0.6 is 11.8 Å². The maximum Gasteiger partial charge on any atom is 0.307 e. The van der Waals surface area contributed by atoms with Gasteiger partial charge < -0.3 is 15.4 Å². The van der Waals surface area contributed by atoms with E-state index in [2.05, 4.69) is 22.5 Å². The van der Waals surface area contributed by atoms with Gasteiger partial charge in [0, 0.05) is 24.9 Å². The van der Waals surface area contributed by atoms with Gasteiger partial charge in [0.05, 0.1) is 12.5 Å². The van der Waals surface area contributed by atoms with Gasteiger partial charge in [0.1, 0.15) is 0 Å². The fourth-order valence-corrected chi connectivity index (χ4v) is 3.32. The minimum atomic E-state index is -0.179. The maximum absolute atomic E-state index is 11.4. The largest absolute Gasteiger partial charge is 0.463 e. The number of hydrogen-bond donors (Lipinski definition) is 2. The monoisotopic (exact) mass is 301 g/mol.